The van der Waals surface area contributed by atoms with Gasteiger partial charge < -0.3 is 5.32 Å². The highest BCUT2D eigenvalue weighted by molar-refractivity contribution is 6.30. The standard InChI is InChI=1S/C16H23ClN2O/c1-13(14-6-8-15(17)9-7-14)18-16(20)12-19-10-4-2-3-5-11-19/h6-9,13H,2-5,10-12H2,1H3,(H,18,20). The van der Waals surface area contributed by atoms with E-state index < -0.39 is 0 Å². The molecule has 1 heterocycles. The van der Waals surface area contributed by atoms with E-state index in [1.807, 2.05) is 31.2 Å². The molecule has 0 aromatic heterocycles. The van der Waals surface area contributed by atoms with Gasteiger partial charge in [-0.05, 0) is 50.6 Å². The van der Waals surface area contributed by atoms with Crippen LogP contribution in [0.1, 0.15) is 44.2 Å². The highest BCUT2D eigenvalue weighted by atomic mass is 35.5. The van der Waals surface area contributed by atoms with Crippen LogP contribution in [-0.2, 0) is 4.79 Å². The van der Waals surface area contributed by atoms with E-state index in [9.17, 15) is 4.79 Å². The Kier molecular flexibility index (Phi) is 5.86. The maximum atomic E-state index is 12.1. The zero-order valence-electron chi connectivity index (χ0n) is 12.1. The number of likely N-dealkylation sites (tertiary alicyclic amines) is 1. The first-order valence-electron chi connectivity index (χ1n) is 7.42. The molecule has 1 atom stereocenters. The molecule has 2 rings (SSSR count). The molecular formula is C16H23ClN2O. The number of rotatable bonds is 4. The van der Waals surface area contributed by atoms with E-state index in [0.29, 0.717) is 6.54 Å². The summed E-state index contributed by atoms with van der Waals surface area (Å²) >= 11 is 5.87. The first-order chi connectivity index (χ1) is 9.65. The molecule has 1 N–H and O–H groups in total. The van der Waals surface area contributed by atoms with Gasteiger partial charge in [0.15, 0.2) is 0 Å². The Labute approximate surface area is 126 Å². The van der Waals surface area contributed by atoms with Gasteiger partial charge in [-0.2, -0.15) is 0 Å². The van der Waals surface area contributed by atoms with Crippen LogP contribution >= 0.6 is 11.6 Å². The van der Waals surface area contributed by atoms with Gasteiger partial charge in [-0.25, -0.2) is 0 Å². The molecule has 1 unspecified atom stereocenters. The molecule has 1 fully saturated rings. The average Bonchev–Trinajstić information content (AvgIpc) is 2.68. The van der Waals surface area contributed by atoms with E-state index in [1.54, 1.807) is 0 Å². The molecule has 1 aliphatic rings. The van der Waals surface area contributed by atoms with E-state index >= 15 is 0 Å². The van der Waals surface area contributed by atoms with Crippen molar-refractivity contribution >= 4 is 17.5 Å². The van der Waals surface area contributed by atoms with E-state index in [4.69, 9.17) is 11.6 Å². The maximum absolute atomic E-state index is 12.1. The van der Waals surface area contributed by atoms with Crippen molar-refractivity contribution in [2.75, 3.05) is 19.6 Å². The van der Waals surface area contributed by atoms with Gasteiger partial charge >= 0.3 is 0 Å². The molecule has 0 radical (unpaired) electrons. The maximum Gasteiger partial charge on any atom is 0.234 e. The second kappa shape index (κ2) is 7.65. The molecule has 20 heavy (non-hydrogen) atoms. The lowest BCUT2D eigenvalue weighted by Crippen LogP contribution is -2.38. The van der Waals surface area contributed by atoms with Crippen LogP contribution in [0.5, 0.6) is 0 Å². The van der Waals surface area contributed by atoms with Gasteiger partial charge in [0.25, 0.3) is 0 Å². The number of hydrogen-bond acceptors (Lipinski definition) is 2. The summed E-state index contributed by atoms with van der Waals surface area (Å²) in [5.74, 6) is 0.106. The Hall–Kier alpha value is -1.06. The minimum Gasteiger partial charge on any atom is -0.348 e. The number of hydrogen-bond donors (Lipinski definition) is 1. The Bertz CT molecular complexity index is 425. The third-order valence-corrected chi connectivity index (χ3v) is 4.07. The molecule has 0 aliphatic carbocycles. The molecule has 3 nitrogen and oxygen atoms in total. The fraction of sp³-hybridized carbons (Fsp3) is 0.562. The number of benzene rings is 1. The second-order valence-electron chi connectivity index (χ2n) is 5.53. The molecule has 0 saturated carbocycles. The summed E-state index contributed by atoms with van der Waals surface area (Å²) < 4.78 is 0. The second-order valence-corrected chi connectivity index (χ2v) is 5.97. The molecule has 110 valence electrons. The molecular weight excluding hydrogens is 272 g/mol. The van der Waals surface area contributed by atoms with Crippen molar-refractivity contribution < 1.29 is 4.79 Å². The van der Waals surface area contributed by atoms with Crippen molar-refractivity contribution in [2.45, 2.75) is 38.6 Å². The molecule has 1 aromatic rings. The van der Waals surface area contributed by atoms with Crippen molar-refractivity contribution in [3.8, 4) is 0 Å². The first-order valence-corrected chi connectivity index (χ1v) is 7.80. The van der Waals surface area contributed by atoms with Crippen molar-refractivity contribution in [1.29, 1.82) is 0 Å². The van der Waals surface area contributed by atoms with Crippen LogP contribution in [0, 0.1) is 0 Å². The van der Waals surface area contributed by atoms with Gasteiger partial charge in [0.2, 0.25) is 5.91 Å². The number of carbonyl (C=O) groups is 1. The first kappa shape index (κ1) is 15.3. The van der Waals surface area contributed by atoms with Gasteiger partial charge in [-0.3, -0.25) is 9.69 Å². The summed E-state index contributed by atoms with van der Waals surface area (Å²) in [5, 5.41) is 3.78. The molecule has 0 bridgehead atoms. The third kappa shape index (κ3) is 4.80. The molecule has 0 spiro atoms. The van der Waals surface area contributed by atoms with Gasteiger partial charge in [0, 0.05) is 5.02 Å². The summed E-state index contributed by atoms with van der Waals surface area (Å²) in [4.78, 5) is 14.4. The van der Waals surface area contributed by atoms with Crippen LogP contribution in [0.2, 0.25) is 5.02 Å². The van der Waals surface area contributed by atoms with Crippen LogP contribution in [0.3, 0.4) is 0 Å². The monoisotopic (exact) mass is 294 g/mol. The van der Waals surface area contributed by atoms with Gasteiger partial charge in [0.1, 0.15) is 0 Å². The number of amides is 1. The Balaban J connectivity index is 1.82. The normalized spacial score (nSPS) is 18.3. The van der Waals surface area contributed by atoms with Crippen molar-refractivity contribution in [1.82, 2.24) is 10.2 Å². The molecule has 1 amide bonds. The summed E-state index contributed by atoms with van der Waals surface area (Å²) in [6, 6.07) is 7.65. The number of carbonyl (C=O) groups excluding carboxylic acids is 1. The van der Waals surface area contributed by atoms with Gasteiger partial charge in [-0.15, -0.1) is 0 Å². The smallest absolute Gasteiger partial charge is 0.234 e. The highest BCUT2D eigenvalue weighted by Crippen LogP contribution is 2.16. The summed E-state index contributed by atoms with van der Waals surface area (Å²) in [6.07, 6.45) is 5.00. The molecule has 1 aromatic carbocycles. The Morgan fingerprint density at radius 1 is 1.20 bits per heavy atom. The van der Waals surface area contributed by atoms with E-state index in [2.05, 4.69) is 10.2 Å². The van der Waals surface area contributed by atoms with Crippen molar-refractivity contribution in [3.63, 3.8) is 0 Å². The number of halogens is 1. The summed E-state index contributed by atoms with van der Waals surface area (Å²) in [7, 11) is 0. The van der Waals surface area contributed by atoms with Crippen molar-refractivity contribution in [3.05, 3.63) is 34.9 Å². The molecule has 4 heteroatoms. The van der Waals surface area contributed by atoms with Crippen molar-refractivity contribution in [2.24, 2.45) is 0 Å². The highest BCUT2D eigenvalue weighted by Gasteiger charge is 2.15. The van der Waals surface area contributed by atoms with E-state index in [1.165, 1.54) is 25.7 Å². The minimum atomic E-state index is 0.0201. The average molecular weight is 295 g/mol. The lowest BCUT2D eigenvalue weighted by molar-refractivity contribution is -0.122. The SMILES string of the molecule is CC(NC(=O)CN1CCCCCC1)c1ccc(Cl)cc1. The summed E-state index contributed by atoms with van der Waals surface area (Å²) in [6.45, 7) is 4.60. The van der Waals surface area contributed by atoms with Crippen LogP contribution in [0.25, 0.3) is 0 Å². The van der Waals surface area contributed by atoms with Crippen LogP contribution < -0.4 is 5.32 Å². The third-order valence-electron chi connectivity index (χ3n) is 3.81. The van der Waals surface area contributed by atoms with Gasteiger partial charge in [0.05, 0.1) is 12.6 Å². The Morgan fingerprint density at radius 2 is 1.80 bits per heavy atom. The largest absolute Gasteiger partial charge is 0.348 e. The van der Waals surface area contributed by atoms with E-state index in [-0.39, 0.29) is 11.9 Å². The molecule has 1 saturated heterocycles. The zero-order valence-corrected chi connectivity index (χ0v) is 12.8. The van der Waals surface area contributed by atoms with Crippen LogP contribution in [0.4, 0.5) is 0 Å². The van der Waals surface area contributed by atoms with Gasteiger partial charge in [-0.1, -0.05) is 36.6 Å². The Morgan fingerprint density at radius 3 is 2.40 bits per heavy atom. The fourth-order valence-corrected chi connectivity index (χ4v) is 2.75. The van der Waals surface area contributed by atoms with Crippen LogP contribution in [-0.4, -0.2) is 30.4 Å². The molecule has 1 aliphatic heterocycles. The lowest BCUT2D eigenvalue weighted by atomic mass is 10.1. The number of nitrogens with zero attached hydrogens (tertiary/aromatic N) is 1. The predicted molar refractivity (Wildman–Crippen MR) is 82.9 cm³/mol. The lowest BCUT2D eigenvalue weighted by Gasteiger charge is -2.21. The predicted octanol–water partition coefficient (Wildman–Crippen LogP) is 3.39. The minimum absolute atomic E-state index is 0.0201. The van der Waals surface area contributed by atoms with Crippen LogP contribution in [0.15, 0.2) is 24.3 Å². The quantitative estimate of drug-likeness (QED) is 0.923. The topological polar surface area (TPSA) is 32.3 Å². The fourth-order valence-electron chi connectivity index (χ4n) is 2.62. The summed E-state index contributed by atoms with van der Waals surface area (Å²) in [5.41, 5.74) is 1.08. The number of nitrogens with one attached hydrogen (secondary N) is 1. The van der Waals surface area contributed by atoms with E-state index in [0.717, 1.165) is 23.7 Å². The zero-order chi connectivity index (χ0) is 14.4.